The average Bonchev–Trinajstić information content (AvgIpc) is 2.54. The number of ether oxygens (including phenoxy) is 1. The van der Waals surface area contributed by atoms with Gasteiger partial charge in [0.2, 0.25) is 0 Å². The molecule has 1 aromatic carbocycles. The summed E-state index contributed by atoms with van der Waals surface area (Å²) in [5, 5.41) is 9.09. The van der Waals surface area contributed by atoms with Crippen LogP contribution in [0.1, 0.15) is 63.5 Å². The van der Waals surface area contributed by atoms with Crippen LogP contribution in [0.5, 0.6) is 0 Å². The number of rotatable bonds is 5. The van der Waals surface area contributed by atoms with Gasteiger partial charge in [-0.2, -0.15) is 0 Å². The largest absolute Gasteiger partial charge is 0.479 e. The topological polar surface area (TPSA) is 46.5 Å². The number of fused-ring (bicyclic) bond motifs is 3. The predicted octanol–water partition coefficient (Wildman–Crippen LogP) is 4.65. The van der Waals surface area contributed by atoms with Crippen LogP contribution >= 0.6 is 11.6 Å². The van der Waals surface area contributed by atoms with E-state index in [9.17, 15) is 4.79 Å². The predicted molar refractivity (Wildman–Crippen MR) is 90.9 cm³/mol. The van der Waals surface area contributed by atoms with Gasteiger partial charge < -0.3 is 9.84 Å². The second kappa shape index (κ2) is 5.78. The van der Waals surface area contributed by atoms with Crippen LogP contribution in [0.25, 0.3) is 0 Å². The molecular weight excluding hydrogens is 312 g/mol. The lowest BCUT2D eigenvalue weighted by Crippen LogP contribution is -2.45. The number of benzene rings is 1. The molecule has 126 valence electrons. The Labute approximate surface area is 143 Å². The maximum absolute atomic E-state index is 11.1. The molecule has 1 N–H and O–H groups in total. The summed E-state index contributed by atoms with van der Waals surface area (Å²) in [6.45, 7) is 3.47. The zero-order valence-corrected chi connectivity index (χ0v) is 14.7. The van der Waals surface area contributed by atoms with Gasteiger partial charge >= 0.3 is 5.97 Å². The van der Waals surface area contributed by atoms with Crippen molar-refractivity contribution in [3.63, 3.8) is 0 Å². The Morgan fingerprint density at radius 3 is 2.13 bits per heavy atom. The van der Waals surface area contributed by atoms with E-state index in [1.165, 1.54) is 24.8 Å². The van der Waals surface area contributed by atoms with E-state index in [-0.39, 0.29) is 4.87 Å². The molecule has 4 rings (SSSR count). The molecule has 0 amide bonds. The summed E-state index contributed by atoms with van der Waals surface area (Å²) in [6.07, 6.45) is 6.89. The van der Waals surface area contributed by atoms with E-state index in [0.717, 1.165) is 24.8 Å². The first-order valence-electron chi connectivity index (χ1n) is 8.41. The number of carboxylic acids is 1. The van der Waals surface area contributed by atoms with Crippen LogP contribution in [0, 0.1) is 0 Å². The second-order valence-corrected chi connectivity index (χ2v) is 8.53. The number of halogens is 1. The monoisotopic (exact) mass is 336 g/mol. The minimum absolute atomic E-state index is 0.0674. The van der Waals surface area contributed by atoms with Crippen molar-refractivity contribution in [3.05, 3.63) is 35.4 Å². The molecule has 0 heterocycles. The van der Waals surface area contributed by atoms with Crippen molar-refractivity contribution in [3.8, 4) is 0 Å². The average molecular weight is 337 g/mol. The van der Waals surface area contributed by atoms with E-state index in [4.69, 9.17) is 21.4 Å². The van der Waals surface area contributed by atoms with Crippen molar-refractivity contribution >= 4 is 17.6 Å². The molecule has 0 aliphatic heterocycles. The number of hydrogen-bond donors (Lipinski definition) is 1. The maximum atomic E-state index is 11.1. The van der Waals surface area contributed by atoms with Crippen LogP contribution in [-0.2, 0) is 21.6 Å². The van der Waals surface area contributed by atoms with Crippen molar-refractivity contribution in [2.45, 2.75) is 74.9 Å². The van der Waals surface area contributed by atoms with Gasteiger partial charge in [-0.3, -0.25) is 0 Å². The Balaban J connectivity index is 1.67. The third kappa shape index (κ3) is 3.27. The minimum Gasteiger partial charge on any atom is -0.479 e. The van der Waals surface area contributed by atoms with Gasteiger partial charge in [0, 0.05) is 4.87 Å². The highest BCUT2D eigenvalue weighted by Crippen LogP contribution is 2.56. The smallest absolute Gasteiger partial charge is 0.335 e. The van der Waals surface area contributed by atoms with Crippen LogP contribution in [0.4, 0.5) is 0 Å². The molecule has 0 aromatic heterocycles. The van der Waals surface area contributed by atoms with Crippen molar-refractivity contribution in [2.24, 2.45) is 0 Å². The summed E-state index contributed by atoms with van der Waals surface area (Å²) in [7, 11) is 0. The number of carbonyl (C=O) groups is 1. The molecule has 0 unspecified atom stereocenters. The van der Waals surface area contributed by atoms with Gasteiger partial charge in [-0.05, 0) is 68.9 Å². The molecule has 0 atom stereocenters. The number of alkyl halides is 1. The number of carboxylic acid groups (broad SMARTS) is 1. The maximum Gasteiger partial charge on any atom is 0.335 e. The zero-order chi connectivity index (χ0) is 16.7. The van der Waals surface area contributed by atoms with Crippen molar-refractivity contribution < 1.29 is 14.6 Å². The fourth-order valence-corrected chi connectivity index (χ4v) is 4.14. The molecule has 4 heteroatoms. The fraction of sp³-hybridized carbons (Fsp3) is 0.632. The van der Waals surface area contributed by atoms with Gasteiger partial charge in [0.15, 0.2) is 5.60 Å². The molecule has 3 saturated carbocycles. The lowest BCUT2D eigenvalue weighted by molar-refractivity contribution is -0.162. The van der Waals surface area contributed by atoms with Crippen LogP contribution in [0.2, 0.25) is 0 Å². The normalized spacial score (nSPS) is 30.4. The third-order valence-corrected chi connectivity index (χ3v) is 6.40. The Hall–Kier alpha value is -1.06. The van der Waals surface area contributed by atoms with E-state index in [1.807, 2.05) is 0 Å². The summed E-state index contributed by atoms with van der Waals surface area (Å²) < 4.78 is 5.52. The summed E-state index contributed by atoms with van der Waals surface area (Å²) >= 11 is 6.62. The molecule has 1 aromatic rings. The first kappa shape index (κ1) is 16.8. The molecule has 3 aliphatic carbocycles. The van der Waals surface area contributed by atoms with Crippen LogP contribution in [-0.4, -0.2) is 21.6 Å². The highest BCUT2D eigenvalue weighted by Gasteiger charge is 2.48. The van der Waals surface area contributed by atoms with Gasteiger partial charge in [-0.1, -0.05) is 24.3 Å². The Morgan fingerprint density at radius 2 is 1.65 bits per heavy atom. The highest BCUT2D eigenvalue weighted by molar-refractivity contribution is 6.24. The van der Waals surface area contributed by atoms with Crippen LogP contribution in [0.15, 0.2) is 24.3 Å². The van der Waals surface area contributed by atoms with Crippen molar-refractivity contribution in [1.29, 1.82) is 0 Å². The first-order chi connectivity index (χ1) is 10.7. The van der Waals surface area contributed by atoms with E-state index >= 15 is 0 Å². The summed E-state index contributed by atoms with van der Waals surface area (Å²) in [4.78, 5) is 11.1. The van der Waals surface area contributed by atoms with Crippen molar-refractivity contribution in [2.75, 3.05) is 0 Å². The summed E-state index contributed by atoms with van der Waals surface area (Å²) in [6, 6.07) is 8.52. The molecule has 23 heavy (non-hydrogen) atoms. The fourth-order valence-electron chi connectivity index (χ4n) is 3.85. The minimum atomic E-state index is -1.16. The lowest BCUT2D eigenvalue weighted by atomic mass is 9.57. The third-order valence-electron chi connectivity index (χ3n) is 5.84. The van der Waals surface area contributed by atoms with Gasteiger partial charge in [0.05, 0.1) is 6.61 Å². The Kier molecular flexibility index (Phi) is 4.22. The quantitative estimate of drug-likeness (QED) is 0.796. The lowest BCUT2D eigenvalue weighted by Gasteiger charge is -2.51. The van der Waals surface area contributed by atoms with Gasteiger partial charge in [0.25, 0.3) is 0 Å². The zero-order valence-electron chi connectivity index (χ0n) is 13.9. The molecule has 3 fully saturated rings. The van der Waals surface area contributed by atoms with Crippen molar-refractivity contribution in [1.82, 2.24) is 0 Å². The molecule has 3 aliphatic rings. The van der Waals surface area contributed by atoms with Gasteiger partial charge in [0.1, 0.15) is 0 Å². The molecule has 0 saturated heterocycles. The molecule has 0 spiro atoms. The molecule has 3 nitrogen and oxygen atoms in total. The van der Waals surface area contributed by atoms with Gasteiger partial charge in [-0.25, -0.2) is 4.79 Å². The van der Waals surface area contributed by atoms with Gasteiger partial charge in [-0.15, -0.1) is 11.6 Å². The summed E-state index contributed by atoms with van der Waals surface area (Å²) in [5.41, 5.74) is 1.55. The standard InChI is InChI=1S/C19H25ClO3/c1-17(2,16(21)22)23-13-14-3-5-15(6-4-14)18-7-10-19(20,11-8-18)12-9-18/h3-6H,7-13H2,1-2H3,(H,21,22). The SMILES string of the molecule is CC(C)(OCc1ccc(C23CCC(Cl)(CC2)CC3)cc1)C(=O)O. The number of aliphatic carboxylic acids is 1. The van der Waals surface area contributed by atoms with Crippen LogP contribution < -0.4 is 0 Å². The van der Waals surface area contributed by atoms with E-state index in [1.54, 1.807) is 13.8 Å². The van der Waals surface area contributed by atoms with E-state index in [2.05, 4.69) is 24.3 Å². The van der Waals surface area contributed by atoms with Crippen LogP contribution in [0.3, 0.4) is 0 Å². The highest BCUT2D eigenvalue weighted by atomic mass is 35.5. The Bertz CT molecular complexity index is 567. The second-order valence-electron chi connectivity index (χ2n) is 7.73. The number of hydrogen-bond acceptors (Lipinski definition) is 2. The summed E-state index contributed by atoms with van der Waals surface area (Å²) in [5.74, 6) is -0.943. The molecular formula is C19H25ClO3. The molecule has 0 radical (unpaired) electrons. The Morgan fingerprint density at radius 1 is 1.13 bits per heavy atom. The molecule has 2 bridgehead atoms. The van der Waals surface area contributed by atoms with E-state index < -0.39 is 11.6 Å². The van der Waals surface area contributed by atoms with E-state index in [0.29, 0.717) is 12.0 Å². The first-order valence-corrected chi connectivity index (χ1v) is 8.78.